The summed E-state index contributed by atoms with van der Waals surface area (Å²) < 4.78 is 46.5. The van der Waals surface area contributed by atoms with Crippen molar-refractivity contribution in [1.29, 1.82) is 0 Å². The number of halogens is 4. The molecule has 2 heterocycles. The fourth-order valence-electron chi connectivity index (χ4n) is 2.49. The van der Waals surface area contributed by atoms with Gasteiger partial charge in [-0.05, 0) is 42.0 Å². The Morgan fingerprint density at radius 1 is 0.875 bits per heavy atom. The monoisotopic (exact) mass is 466 g/mol. The molecule has 3 rings (SSSR count). The molecule has 6 nitrogen and oxygen atoms in total. The van der Waals surface area contributed by atoms with E-state index in [1.807, 2.05) is 0 Å². The number of nitrogens with zero attached hydrogens (tertiary/aromatic N) is 2. The highest BCUT2D eigenvalue weighted by Gasteiger charge is 2.29. The molecule has 3 aromatic rings. The summed E-state index contributed by atoms with van der Waals surface area (Å²) in [5.74, 6) is -0.889. The van der Waals surface area contributed by atoms with Crippen LogP contribution in [0.4, 0.5) is 13.2 Å². The van der Waals surface area contributed by atoms with Crippen molar-refractivity contribution in [3.63, 3.8) is 0 Å². The Balaban J connectivity index is 0.000000278. The summed E-state index contributed by atoms with van der Waals surface area (Å²) in [6, 6.07) is 10.9. The molecule has 0 saturated heterocycles. The van der Waals surface area contributed by atoms with E-state index in [2.05, 4.69) is 19.4 Å². The molecule has 168 valence electrons. The fraction of sp³-hybridized carbons (Fsp3) is 0.182. The number of esters is 2. The molecule has 2 aromatic heterocycles. The smallest absolute Gasteiger partial charge is 0.416 e. The lowest BCUT2D eigenvalue weighted by molar-refractivity contribution is -0.137. The fourth-order valence-corrected chi connectivity index (χ4v) is 2.66. The third-order valence-electron chi connectivity index (χ3n) is 4.05. The molecule has 0 N–H and O–H groups in total. The van der Waals surface area contributed by atoms with Gasteiger partial charge in [0.25, 0.3) is 0 Å². The maximum Gasteiger partial charge on any atom is 0.416 e. The topological polar surface area (TPSA) is 78.4 Å². The van der Waals surface area contributed by atoms with Gasteiger partial charge in [-0.1, -0.05) is 23.7 Å². The molecule has 1 aromatic carbocycles. The normalized spacial score (nSPS) is 10.6. The van der Waals surface area contributed by atoms with Crippen LogP contribution in [0.15, 0.2) is 60.9 Å². The average molecular weight is 467 g/mol. The maximum atomic E-state index is 12.5. The van der Waals surface area contributed by atoms with Crippen molar-refractivity contribution in [2.45, 2.75) is 12.6 Å². The van der Waals surface area contributed by atoms with Crippen LogP contribution in [0.2, 0.25) is 5.15 Å². The second-order valence-corrected chi connectivity index (χ2v) is 6.64. The third-order valence-corrected chi connectivity index (χ3v) is 4.26. The summed E-state index contributed by atoms with van der Waals surface area (Å²) in [5.41, 5.74) is 1.33. The quantitative estimate of drug-likeness (QED) is 0.398. The van der Waals surface area contributed by atoms with Crippen LogP contribution >= 0.6 is 11.6 Å². The van der Waals surface area contributed by atoms with Crippen molar-refractivity contribution < 1.29 is 32.2 Å². The average Bonchev–Trinajstić information content (AvgIpc) is 2.78. The van der Waals surface area contributed by atoms with Gasteiger partial charge in [-0.3, -0.25) is 4.98 Å². The molecule has 0 bridgehead atoms. The van der Waals surface area contributed by atoms with Crippen LogP contribution in [0.1, 0.15) is 37.5 Å². The van der Waals surface area contributed by atoms with Crippen LogP contribution in [0.5, 0.6) is 0 Å². The predicted molar refractivity (Wildman–Crippen MR) is 110 cm³/mol. The van der Waals surface area contributed by atoms with E-state index in [9.17, 15) is 22.8 Å². The predicted octanol–water partition coefficient (Wildman–Crippen LogP) is 5.00. The van der Waals surface area contributed by atoms with Crippen molar-refractivity contribution in [3.8, 4) is 0 Å². The van der Waals surface area contributed by atoms with Crippen molar-refractivity contribution >= 4 is 23.5 Å². The molecule has 0 spiro atoms. The standard InChI is InChI=1S/C15H12F3NO2.C7H6ClNO2/c1-21-14(20)11-6-7-19-13(9-11)8-10-2-4-12(5-3-10)15(16,17)18;1-11-7(10)5-2-3-9-6(8)4-5/h2-7,9H,8H2,1H3;2-4H,1H3. The maximum absolute atomic E-state index is 12.5. The van der Waals surface area contributed by atoms with Crippen LogP contribution in [-0.4, -0.2) is 36.1 Å². The molecule has 0 aliphatic carbocycles. The van der Waals surface area contributed by atoms with E-state index >= 15 is 0 Å². The van der Waals surface area contributed by atoms with E-state index < -0.39 is 23.7 Å². The van der Waals surface area contributed by atoms with Gasteiger partial charge >= 0.3 is 18.1 Å². The summed E-state index contributed by atoms with van der Waals surface area (Å²) in [6.45, 7) is 0. The van der Waals surface area contributed by atoms with Crippen molar-refractivity contribution in [2.24, 2.45) is 0 Å². The number of aromatic nitrogens is 2. The van der Waals surface area contributed by atoms with Crippen molar-refractivity contribution in [2.75, 3.05) is 14.2 Å². The lowest BCUT2D eigenvalue weighted by Gasteiger charge is -2.08. The Hall–Kier alpha value is -3.46. The van der Waals surface area contributed by atoms with Gasteiger partial charge in [0.1, 0.15) is 5.15 Å². The summed E-state index contributed by atoms with van der Waals surface area (Å²) in [5, 5.41) is 0.285. The number of hydrogen-bond donors (Lipinski definition) is 0. The Morgan fingerprint density at radius 2 is 1.41 bits per heavy atom. The number of methoxy groups -OCH3 is 2. The molecule has 0 unspecified atom stereocenters. The summed E-state index contributed by atoms with van der Waals surface area (Å²) in [6.07, 6.45) is -1.09. The van der Waals surface area contributed by atoms with Gasteiger partial charge in [-0.25, -0.2) is 14.6 Å². The molecule has 0 saturated carbocycles. The number of hydrogen-bond acceptors (Lipinski definition) is 6. The zero-order chi connectivity index (χ0) is 23.7. The molecule has 0 atom stereocenters. The van der Waals surface area contributed by atoms with Crippen LogP contribution in [0, 0.1) is 0 Å². The van der Waals surface area contributed by atoms with Crippen LogP contribution in [0.25, 0.3) is 0 Å². The number of alkyl halides is 3. The number of ether oxygens (including phenoxy) is 2. The highest BCUT2D eigenvalue weighted by atomic mass is 35.5. The molecular formula is C22H18ClF3N2O4. The van der Waals surface area contributed by atoms with Gasteiger partial charge in [-0.15, -0.1) is 0 Å². The van der Waals surface area contributed by atoms with E-state index in [0.717, 1.165) is 12.1 Å². The Morgan fingerprint density at radius 3 is 1.91 bits per heavy atom. The minimum atomic E-state index is -4.35. The van der Waals surface area contributed by atoms with E-state index in [1.54, 1.807) is 6.07 Å². The minimum absolute atomic E-state index is 0.285. The number of rotatable bonds is 4. The minimum Gasteiger partial charge on any atom is -0.465 e. The van der Waals surface area contributed by atoms with Crippen LogP contribution in [-0.2, 0) is 22.1 Å². The van der Waals surface area contributed by atoms with Crippen LogP contribution in [0.3, 0.4) is 0 Å². The van der Waals surface area contributed by atoms with Crippen molar-refractivity contribution in [3.05, 3.63) is 94.0 Å². The molecule has 0 aliphatic heterocycles. The Bertz CT molecular complexity index is 1070. The molecule has 0 radical (unpaired) electrons. The number of pyridine rings is 2. The SMILES string of the molecule is COC(=O)c1ccnc(Cc2ccc(C(F)(F)F)cc2)c1.COC(=O)c1ccnc(Cl)c1. The van der Waals surface area contributed by atoms with Gasteiger partial charge < -0.3 is 9.47 Å². The third kappa shape index (κ3) is 7.35. The Labute approximate surface area is 187 Å². The summed E-state index contributed by atoms with van der Waals surface area (Å²) in [4.78, 5) is 30.1. The first kappa shape index (κ1) is 24.8. The van der Waals surface area contributed by atoms with Crippen LogP contribution < -0.4 is 0 Å². The first-order chi connectivity index (χ1) is 15.1. The van der Waals surface area contributed by atoms with Gasteiger partial charge in [0, 0.05) is 24.5 Å². The lowest BCUT2D eigenvalue weighted by atomic mass is 10.1. The number of carbonyl (C=O) groups is 2. The highest BCUT2D eigenvalue weighted by molar-refractivity contribution is 6.29. The lowest BCUT2D eigenvalue weighted by Crippen LogP contribution is -2.05. The molecule has 0 fully saturated rings. The zero-order valence-corrected chi connectivity index (χ0v) is 17.8. The van der Waals surface area contributed by atoms with E-state index in [0.29, 0.717) is 28.8 Å². The van der Waals surface area contributed by atoms with E-state index in [4.69, 9.17) is 11.6 Å². The first-order valence-corrected chi connectivity index (χ1v) is 9.41. The summed E-state index contributed by atoms with van der Waals surface area (Å²) in [7, 11) is 2.59. The molecule has 0 aliphatic rings. The largest absolute Gasteiger partial charge is 0.465 e. The van der Waals surface area contributed by atoms with Gasteiger partial charge in [-0.2, -0.15) is 13.2 Å². The Kier molecular flexibility index (Phi) is 8.71. The van der Waals surface area contributed by atoms with Gasteiger partial charge in [0.2, 0.25) is 0 Å². The molecule has 0 amide bonds. The van der Waals surface area contributed by atoms with Gasteiger partial charge in [0.05, 0.1) is 30.9 Å². The molecule has 10 heteroatoms. The van der Waals surface area contributed by atoms with Gasteiger partial charge in [0.15, 0.2) is 0 Å². The molecular weight excluding hydrogens is 449 g/mol. The first-order valence-electron chi connectivity index (χ1n) is 9.03. The second-order valence-electron chi connectivity index (χ2n) is 6.26. The van der Waals surface area contributed by atoms with E-state index in [1.165, 1.54) is 56.9 Å². The second kappa shape index (κ2) is 11.2. The number of carbonyl (C=O) groups excluding carboxylic acids is 2. The zero-order valence-electron chi connectivity index (χ0n) is 17.0. The van der Waals surface area contributed by atoms with Crippen molar-refractivity contribution in [1.82, 2.24) is 9.97 Å². The number of benzene rings is 1. The highest BCUT2D eigenvalue weighted by Crippen LogP contribution is 2.29. The summed E-state index contributed by atoms with van der Waals surface area (Å²) >= 11 is 5.53. The molecule has 32 heavy (non-hydrogen) atoms. The van der Waals surface area contributed by atoms with E-state index in [-0.39, 0.29) is 5.15 Å².